The highest BCUT2D eigenvalue weighted by Crippen LogP contribution is 2.35. The lowest BCUT2D eigenvalue weighted by Crippen LogP contribution is -2.25. The summed E-state index contributed by atoms with van der Waals surface area (Å²) in [7, 11) is 0. The number of imidazole rings is 1. The first-order valence-corrected chi connectivity index (χ1v) is 11.4. The van der Waals surface area contributed by atoms with Crippen LogP contribution in [-0.4, -0.2) is 15.4 Å². The minimum Gasteiger partial charge on any atom is -0.368 e. The number of fused-ring (bicyclic) bond motifs is 3. The zero-order valence-electron chi connectivity index (χ0n) is 17.7. The van der Waals surface area contributed by atoms with E-state index in [-0.39, 0.29) is 0 Å². The number of anilines is 1. The van der Waals surface area contributed by atoms with Crippen LogP contribution in [-0.2, 0) is 6.42 Å². The number of pyridine rings is 1. The molecule has 0 saturated heterocycles. The molecule has 0 amide bonds. The maximum Gasteiger partial charge on any atom is 0.157 e. The van der Waals surface area contributed by atoms with Crippen LogP contribution in [0.2, 0.25) is 5.02 Å². The molecule has 0 atom stereocenters. The van der Waals surface area contributed by atoms with E-state index in [0.717, 1.165) is 44.2 Å². The van der Waals surface area contributed by atoms with Crippen molar-refractivity contribution >= 4 is 34.1 Å². The van der Waals surface area contributed by atoms with Crippen LogP contribution in [0.3, 0.4) is 0 Å². The summed E-state index contributed by atoms with van der Waals surface area (Å²) in [6.45, 7) is 2.04. The number of nitrogens with one attached hydrogen (secondary N) is 1. The second kappa shape index (κ2) is 8.24. The number of benzene rings is 2. The standard InChI is InChI=1S/C26H25ClN4/c1-17-20(15-18-9-5-6-12-22(18)27)25(29-19-10-3-2-4-11-19)31-24-14-8-7-13-23(24)30-26(31)21(17)16-28/h5-9,12-14,19,29H,2-4,10-11,15H2,1H3. The summed E-state index contributed by atoms with van der Waals surface area (Å²) in [5.41, 5.74) is 6.43. The van der Waals surface area contributed by atoms with Gasteiger partial charge in [0.1, 0.15) is 11.9 Å². The van der Waals surface area contributed by atoms with Gasteiger partial charge in [-0.3, -0.25) is 4.40 Å². The molecule has 1 aliphatic rings. The van der Waals surface area contributed by atoms with Crippen molar-refractivity contribution in [2.75, 3.05) is 5.32 Å². The zero-order valence-corrected chi connectivity index (χ0v) is 18.4. The second-order valence-electron chi connectivity index (χ2n) is 8.45. The van der Waals surface area contributed by atoms with E-state index in [1.807, 2.05) is 43.3 Å². The van der Waals surface area contributed by atoms with Gasteiger partial charge in [0.15, 0.2) is 5.65 Å². The number of hydrogen-bond donors (Lipinski definition) is 1. The number of para-hydroxylation sites is 2. The van der Waals surface area contributed by atoms with E-state index in [9.17, 15) is 5.26 Å². The topological polar surface area (TPSA) is 53.1 Å². The highest BCUT2D eigenvalue weighted by molar-refractivity contribution is 6.31. The third kappa shape index (κ3) is 3.54. The molecule has 0 unspecified atom stereocenters. The van der Waals surface area contributed by atoms with Gasteiger partial charge in [-0.25, -0.2) is 4.98 Å². The lowest BCUT2D eigenvalue weighted by Gasteiger charge is -2.27. The normalized spacial score (nSPS) is 14.7. The van der Waals surface area contributed by atoms with Crippen LogP contribution < -0.4 is 5.32 Å². The Labute approximate surface area is 187 Å². The molecule has 1 N–H and O–H groups in total. The minimum absolute atomic E-state index is 0.426. The van der Waals surface area contributed by atoms with Crippen molar-refractivity contribution in [3.63, 3.8) is 0 Å². The van der Waals surface area contributed by atoms with Gasteiger partial charge >= 0.3 is 0 Å². The summed E-state index contributed by atoms with van der Waals surface area (Å²) in [6.07, 6.45) is 6.80. The van der Waals surface area contributed by atoms with Crippen molar-refractivity contribution in [2.45, 2.75) is 51.5 Å². The van der Waals surface area contributed by atoms with Crippen molar-refractivity contribution in [3.05, 3.63) is 75.8 Å². The molecule has 0 spiro atoms. The van der Waals surface area contributed by atoms with Gasteiger partial charge in [0.05, 0.1) is 16.6 Å². The molecule has 0 aliphatic heterocycles. The van der Waals surface area contributed by atoms with E-state index in [1.54, 1.807) is 0 Å². The quantitative estimate of drug-likeness (QED) is 0.395. The van der Waals surface area contributed by atoms with Gasteiger partial charge in [0.2, 0.25) is 0 Å². The van der Waals surface area contributed by atoms with E-state index in [2.05, 4.69) is 27.9 Å². The summed E-state index contributed by atoms with van der Waals surface area (Å²) in [4.78, 5) is 4.84. The summed E-state index contributed by atoms with van der Waals surface area (Å²) in [6, 6.07) is 18.9. The number of nitriles is 1. The lowest BCUT2D eigenvalue weighted by atomic mass is 9.94. The number of rotatable bonds is 4. The molecule has 1 fully saturated rings. The third-order valence-electron chi connectivity index (χ3n) is 6.50. The van der Waals surface area contributed by atoms with Gasteiger partial charge in [-0.1, -0.05) is 61.2 Å². The highest BCUT2D eigenvalue weighted by Gasteiger charge is 2.24. The maximum atomic E-state index is 10.0. The zero-order chi connectivity index (χ0) is 21.4. The summed E-state index contributed by atoms with van der Waals surface area (Å²) in [5, 5.41) is 14.7. The third-order valence-corrected chi connectivity index (χ3v) is 6.87. The predicted molar refractivity (Wildman–Crippen MR) is 127 cm³/mol. The molecule has 2 aromatic heterocycles. The molecule has 1 saturated carbocycles. The Balaban J connectivity index is 1.79. The number of nitrogens with zero attached hydrogens (tertiary/aromatic N) is 3. The highest BCUT2D eigenvalue weighted by atomic mass is 35.5. The van der Waals surface area contributed by atoms with Gasteiger partial charge in [-0.05, 0) is 49.1 Å². The van der Waals surface area contributed by atoms with Crippen LogP contribution in [0.4, 0.5) is 5.82 Å². The second-order valence-corrected chi connectivity index (χ2v) is 8.85. The molecular formula is C26H25ClN4. The van der Waals surface area contributed by atoms with Gasteiger partial charge < -0.3 is 5.32 Å². The molecule has 2 aromatic carbocycles. The minimum atomic E-state index is 0.426. The number of aromatic nitrogens is 2. The molecule has 5 heteroatoms. The largest absolute Gasteiger partial charge is 0.368 e. The molecule has 5 rings (SSSR count). The number of hydrogen-bond acceptors (Lipinski definition) is 3. The average Bonchev–Trinajstić information content (AvgIpc) is 3.17. The van der Waals surface area contributed by atoms with Crippen LogP contribution in [0, 0.1) is 18.3 Å². The molecular weight excluding hydrogens is 404 g/mol. The number of halogens is 1. The van der Waals surface area contributed by atoms with Crippen LogP contribution in [0.1, 0.15) is 54.4 Å². The molecule has 0 radical (unpaired) electrons. The Morgan fingerprint density at radius 1 is 1.10 bits per heavy atom. The molecule has 4 nitrogen and oxygen atoms in total. The van der Waals surface area contributed by atoms with Crippen molar-refractivity contribution in [1.29, 1.82) is 5.26 Å². The monoisotopic (exact) mass is 428 g/mol. The van der Waals surface area contributed by atoms with E-state index in [1.165, 1.54) is 32.1 Å². The van der Waals surface area contributed by atoms with Crippen LogP contribution in [0.5, 0.6) is 0 Å². The van der Waals surface area contributed by atoms with Crippen molar-refractivity contribution < 1.29 is 0 Å². The smallest absolute Gasteiger partial charge is 0.157 e. The van der Waals surface area contributed by atoms with Crippen molar-refractivity contribution in [3.8, 4) is 6.07 Å². The van der Waals surface area contributed by atoms with Gasteiger partial charge in [-0.2, -0.15) is 5.26 Å². The Morgan fingerprint density at radius 2 is 1.84 bits per heavy atom. The Morgan fingerprint density at radius 3 is 2.61 bits per heavy atom. The summed E-state index contributed by atoms with van der Waals surface area (Å²) in [5.74, 6) is 1.05. The fraction of sp³-hybridized carbons (Fsp3) is 0.308. The van der Waals surface area contributed by atoms with E-state index in [4.69, 9.17) is 16.6 Å². The SMILES string of the molecule is Cc1c(Cc2ccccc2Cl)c(NC2CCCCC2)n2c(nc3ccccc32)c1C#N. The van der Waals surface area contributed by atoms with Gasteiger partial charge in [0, 0.05) is 23.0 Å². The molecule has 156 valence electrons. The summed E-state index contributed by atoms with van der Waals surface area (Å²) < 4.78 is 2.15. The average molecular weight is 429 g/mol. The Kier molecular flexibility index (Phi) is 5.29. The Hall–Kier alpha value is -3.03. The molecule has 31 heavy (non-hydrogen) atoms. The first-order valence-electron chi connectivity index (χ1n) is 11.0. The van der Waals surface area contributed by atoms with Crippen LogP contribution in [0.15, 0.2) is 48.5 Å². The molecule has 4 aromatic rings. The van der Waals surface area contributed by atoms with E-state index < -0.39 is 0 Å². The van der Waals surface area contributed by atoms with E-state index >= 15 is 0 Å². The molecule has 1 aliphatic carbocycles. The molecule has 0 bridgehead atoms. The van der Waals surface area contributed by atoms with Gasteiger partial charge in [-0.15, -0.1) is 0 Å². The van der Waals surface area contributed by atoms with Crippen LogP contribution in [0.25, 0.3) is 16.7 Å². The van der Waals surface area contributed by atoms with E-state index in [0.29, 0.717) is 18.0 Å². The van der Waals surface area contributed by atoms with Gasteiger partial charge in [0.25, 0.3) is 0 Å². The van der Waals surface area contributed by atoms with Crippen LogP contribution >= 0.6 is 11.6 Å². The molecule has 2 heterocycles. The fourth-order valence-corrected chi connectivity index (χ4v) is 5.03. The Bertz CT molecular complexity index is 1310. The lowest BCUT2D eigenvalue weighted by molar-refractivity contribution is 0.461. The first kappa shape index (κ1) is 19.9. The summed E-state index contributed by atoms with van der Waals surface area (Å²) >= 11 is 6.53. The van der Waals surface area contributed by atoms with Crippen molar-refractivity contribution in [1.82, 2.24) is 9.38 Å². The predicted octanol–water partition coefficient (Wildman–Crippen LogP) is 6.66. The fourth-order valence-electron chi connectivity index (χ4n) is 4.83. The maximum absolute atomic E-state index is 10.0. The van der Waals surface area contributed by atoms with Crippen molar-refractivity contribution in [2.24, 2.45) is 0 Å². The first-order chi connectivity index (χ1) is 15.2.